The summed E-state index contributed by atoms with van der Waals surface area (Å²) in [7, 11) is 0. The van der Waals surface area contributed by atoms with Crippen LogP contribution >= 0.6 is 0 Å². The molecule has 1 amide bonds. The van der Waals surface area contributed by atoms with Gasteiger partial charge in [0.1, 0.15) is 0 Å². The van der Waals surface area contributed by atoms with Gasteiger partial charge >= 0.3 is 6.18 Å². The second-order valence-electron chi connectivity index (χ2n) is 9.78. The molecule has 1 aliphatic carbocycles. The van der Waals surface area contributed by atoms with Gasteiger partial charge in [-0.25, -0.2) is 0 Å². The van der Waals surface area contributed by atoms with E-state index >= 15 is 0 Å². The highest BCUT2D eigenvalue weighted by Gasteiger charge is 2.39. The van der Waals surface area contributed by atoms with Gasteiger partial charge in [-0.3, -0.25) is 9.78 Å². The molecule has 1 saturated carbocycles. The lowest BCUT2D eigenvalue weighted by Gasteiger charge is -2.22. The van der Waals surface area contributed by atoms with E-state index in [0.29, 0.717) is 23.9 Å². The second-order valence-corrected chi connectivity index (χ2v) is 9.78. The number of aromatic nitrogens is 1. The molecule has 4 nitrogen and oxygen atoms in total. The van der Waals surface area contributed by atoms with Crippen LogP contribution in [0.2, 0.25) is 0 Å². The van der Waals surface area contributed by atoms with Crippen LogP contribution in [0.25, 0.3) is 11.3 Å². The second kappa shape index (κ2) is 12.4. The van der Waals surface area contributed by atoms with Crippen molar-refractivity contribution < 1.29 is 18.0 Å². The molecule has 0 spiro atoms. The molecule has 1 heterocycles. The Morgan fingerprint density at radius 1 is 1.00 bits per heavy atom. The Kier molecular flexibility index (Phi) is 8.98. The van der Waals surface area contributed by atoms with Crippen LogP contribution in [-0.2, 0) is 6.18 Å². The van der Waals surface area contributed by atoms with Crippen molar-refractivity contribution in [1.29, 1.82) is 0 Å². The van der Waals surface area contributed by atoms with E-state index < -0.39 is 11.7 Å². The van der Waals surface area contributed by atoms with Crippen LogP contribution in [0.1, 0.15) is 60.0 Å². The smallest absolute Gasteiger partial charge is 0.352 e. The molecule has 37 heavy (non-hydrogen) atoms. The molecule has 0 aliphatic heterocycles. The van der Waals surface area contributed by atoms with Crippen LogP contribution in [0.3, 0.4) is 0 Å². The van der Waals surface area contributed by atoms with E-state index in [2.05, 4.69) is 22.1 Å². The van der Waals surface area contributed by atoms with Gasteiger partial charge in [-0.1, -0.05) is 37.3 Å². The monoisotopic (exact) mass is 509 g/mol. The summed E-state index contributed by atoms with van der Waals surface area (Å²) in [6, 6.07) is 18.9. The Morgan fingerprint density at radius 2 is 1.76 bits per heavy atom. The maximum Gasteiger partial charge on any atom is 0.416 e. The SMILES string of the molecule is CCCN(CCCCNC(=O)c1ccc(-c2ccccn2)cc1)CC1CC1c1ccc(C(F)(F)F)cc1. The van der Waals surface area contributed by atoms with Crippen LogP contribution in [0.15, 0.2) is 72.9 Å². The van der Waals surface area contributed by atoms with E-state index in [4.69, 9.17) is 0 Å². The topological polar surface area (TPSA) is 45.2 Å². The van der Waals surface area contributed by atoms with Crippen LogP contribution in [0, 0.1) is 5.92 Å². The summed E-state index contributed by atoms with van der Waals surface area (Å²) in [5.41, 5.74) is 2.91. The van der Waals surface area contributed by atoms with Gasteiger partial charge in [0.2, 0.25) is 0 Å². The van der Waals surface area contributed by atoms with E-state index in [1.807, 2.05) is 42.5 Å². The van der Waals surface area contributed by atoms with E-state index in [-0.39, 0.29) is 5.91 Å². The van der Waals surface area contributed by atoms with Crippen LogP contribution in [0.5, 0.6) is 0 Å². The van der Waals surface area contributed by atoms with Crippen molar-refractivity contribution >= 4 is 5.91 Å². The fourth-order valence-corrected chi connectivity index (χ4v) is 4.81. The number of carbonyl (C=O) groups excluding carboxylic acids is 1. The Bertz CT molecular complexity index is 1130. The number of nitrogens with zero attached hydrogens (tertiary/aromatic N) is 2. The zero-order valence-electron chi connectivity index (χ0n) is 21.2. The van der Waals surface area contributed by atoms with Crippen molar-refractivity contribution in [3.63, 3.8) is 0 Å². The number of alkyl halides is 3. The third kappa shape index (κ3) is 7.65. The molecule has 2 aromatic carbocycles. The molecule has 0 bridgehead atoms. The molecule has 1 N–H and O–H groups in total. The van der Waals surface area contributed by atoms with Gasteiger partial charge in [0, 0.05) is 30.4 Å². The molecule has 2 unspecified atom stereocenters. The summed E-state index contributed by atoms with van der Waals surface area (Å²) in [5, 5.41) is 3.01. The number of benzene rings is 2. The third-order valence-corrected chi connectivity index (χ3v) is 6.92. The number of amides is 1. The van der Waals surface area contributed by atoms with Gasteiger partial charge < -0.3 is 10.2 Å². The Morgan fingerprint density at radius 3 is 2.41 bits per heavy atom. The summed E-state index contributed by atoms with van der Waals surface area (Å²) in [5.74, 6) is 0.775. The molecule has 3 aromatic rings. The van der Waals surface area contributed by atoms with Gasteiger partial charge in [0.15, 0.2) is 0 Å². The number of unbranched alkanes of at least 4 members (excludes halogenated alkanes) is 1. The molecule has 1 aliphatic rings. The van der Waals surface area contributed by atoms with Gasteiger partial charge in [-0.05, 0) is 92.6 Å². The quantitative estimate of drug-likeness (QED) is 0.273. The molecule has 196 valence electrons. The normalized spacial score (nSPS) is 17.1. The lowest BCUT2D eigenvalue weighted by atomic mass is 10.1. The summed E-state index contributed by atoms with van der Waals surface area (Å²) >= 11 is 0. The average molecular weight is 510 g/mol. The summed E-state index contributed by atoms with van der Waals surface area (Å²) < 4.78 is 38.4. The third-order valence-electron chi connectivity index (χ3n) is 6.92. The van der Waals surface area contributed by atoms with Crippen molar-refractivity contribution in [3.8, 4) is 11.3 Å². The molecule has 0 saturated heterocycles. The Labute approximate surface area is 216 Å². The molecule has 4 rings (SSSR count). The van der Waals surface area contributed by atoms with E-state index in [0.717, 1.165) is 62.1 Å². The predicted molar refractivity (Wildman–Crippen MR) is 140 cm³/mol. The van der Waals surface area contributed by atoms with Gasteiger partial charge in [0.25, 0.3) is 5.91 Å². The zero-order chi connectivity index (χ0) is 26.3. The highest BCUT2D eigenvalue weighted by Crippen LogP contribution is 2.48. The molecular formula is C30H34F3N3O. The first kappa shape index (κ1) is 26.9. The van der Waals surface area contributed by atoms with Crippen molar-refractivity contribution in [2.45, 2.75) is 44.7 Å². The van der Waals surface area contributed by atoms with Crippen molar-refractivity contribution in [2.24, 2.45) is 5.92 Å². The van der Waals surface area contributed by atoms with Crippen LogP contribution in [0.4, 0.5) is 13.2 Å². The largest absolute Gasteiger partial charge is 0.416 e. The minimum atomic E-state index is -4.29. The van der Waals surface area contributed by atoms with Gasteiger partial charge in [-0.15, -0.1) is 0 Å². The van der Waals surface area contributed by atoms with E-state index in [1.54, 1.807) is 18.3 Å². The standard InChI is InChI=1S/C30H34F3N3O/c1-2-18-36(21-25-20-27(25)22-12-14-26(15-13-22)30(31,32)33)19-6-5-17-35-29(37)24-10-8-23(9-11-24)28-7-3-4-16-34-28/h3-4,7-16,25,27H,2,5-6,17-21H2,1H3,(H,35,37). The lowest BCUT2D eigenvalue weighted by molar-refractivity contribution is -0.137. The predicted octanol–water partition coefficient (Wildman–Crippen LogP) is 6.79. The number of hydrogen-bond donors (Lipinski definition) is 1. The molecular weight excluding hydrogens is 475 g/mol. The van der Waals surface area contributed by atoms with Crippen molar-refractivity contribution in [3.05, 3.63) is 89.6 Å². The molecule has 1 fully saturated rings. The number of hydrogen-bond acceptors (Lipinski definition) is 3. The maximum atomic E-state index is 12.8. The Balaban J connectivity index is 1.16. The lowest BCUT2D eigenvalue weighted by Crippen LogP contribution is -2.29. The minimum Gasteiger partial charge on any atom is -0.352 e. The highest BCUT2D eigenvalue weighted by molar-refractivity contribution is 5.94. The number of carbonyl (C=O) groups is 1. The Hall–Kier alpha value is -3.19. The van der Waals surface area contributed by atoms with E-state index in [1.165, 1.54) is 12.1 Å². The summed E-state index contributed by atoms with van der Waals surface area (Å²) in [6.45, 7) is 5.71. The van der Waals surface area contributed by atoms with E-state index in [9.17, 15) is 18.0 Å². The minimum absolute atomic E-state index is 0.0738. The summed E-state index contributed by atoms with van der Waals surface area (Å²) in [4.78, 5) is 19.3. The van der Waals surface area contributed by atoms with Gasteiger partial charge in [-0.2, -0.15) is 13.2 Å². The number of nitrogens with one attached hydrogen (secondary N) is 1. The molecule has 2 atom stereocenters. The molecule has 0 radical (unpaired) electrons. The fraction of sp³-hybridized carbons (Fsp3) is 0.400. The first-order chi connectivity index (χ1) is 17.8. The highest BCUT2D eigenvalue weighted by atomic mass is 19.4. The first-order valence-electron chi connectivity index (χ1n) is 13.0. The maximum absolute atomic E-state index is 12.8. The molecule has 7 heteroatoms. The number of rotatable bonds is 12. The zero-order valence-corrected chi connectivity index (χ0v) is 21.2. The van der Waals surface area contributed by atoms with Crippen molar-refractivity contribution in [1.82, 2.24) is 15.2 Å². The fourth-order valence-electron chi connectivity index (χ4n) is 4.81. The van der Waals surface area contributed by atoms with Gasteiger partial charge in [0.05, 0.1) is 11.3 Å². The van der Waals surface area contributed by atoms with Crippen LogP contribution < -0.4 is 5.32 Å². The average Bonchev–Trinajstić information content (AvgIpc) is 3.67. The molecule has 1 aromatic heterocycles. The first-order valence-corrected chi connectivity index (χ1v) is 13.0. The van der Waals surface area contributed by atoms with Crippen LogP contribution in [-0.4, -0.2) is 42.0 Å². The number of pyridine rings is 1. The van der Waals surface area contributed by atoms with Crippen molar-refractivity contribution in [2.75, 3.05) is 26.2 Å². The summed E-state index contributed by atoms with van der Waals surface area (Å²) in [6.07, 6.45) is 1.43. The number of halogens is 3.